The maximum absolute atomic E-state index is 11.4. The highest BCUT2D eigenvalue weighted by Gasteiger charge is 2.26. The minimum atomic E-state index is -0.776. The number of carboxylic acid groups (broad SMARTS) is 1. The standard InChI is InChI=1S/C14H17BrO3/c15-11-5-3-4-10(8-11)13(14(16)17)9-12-6-1-2-7-18-12/h3-5,8,12-13H,1-2,6-7,9H2,(H,16,17). The van der Waals surface area contributed by atoms with Crippen LogP contribution in [0.2, 0.25) is 0 Å². The van der Waals surface area contributed by atoms with Gasteiger partial charge in [0.1, 0.15) is 0 Å². The molecule has 0 aliphatic carbocycles. The molecule has 4 heteroatoms. The summed E-state index contributed by atoms with van der Waals surface area (Å²) in [6.07, 6.45) is 3.84. The Morgan fingerprint density at radius 2 is 2.33 bits per heavy atom. The molecule has 2 rings (SSSR count). The summed E-state index contributed by atoms with van der Waals surface area (Å²) in [6.45, 7) is 0.759. The molecular weight excluding hydrogens is 296 g/mol. The van der Waals surface area contributed by atoms with Gasteiger partial charge in [0.05, 0.1) is 12.0 Å². The Balaban J connectivity index is 2.10. The molecule has 1 fully saturated rings. The smallest absolute Gasteiger partial charge is 0.311 e. The first-order chi connectivity index (χ1) is 8.66. The summed E-state index contributed by atoms with van der Waals surface area (Å²) >= 11 is 3.38. The van der Waals surface area contributed by atoms with Gasteiger partial charge < -0.3 is 9.84 Å². The van der Waals surface area contributed by atoms with Crippen LogP contribution in [-0.4, -0.2) is 23.8 Å². The number of benzene rings is 1. The molecule has 98 valence electrons. The molecule has 1 aliphatic rings. The zero-order valence-electron chi connectivity index (χ0n) is 10.1. The minimum Gasteiger partial charge on any atom is -0.481 e. The number of hydrogen-bond acceptors (Lipinski definition) is 2. The molecule has 1 N–H and O–H groups in total. The van der Waals surface area contributed by atoms with Crippen molar-refractivity contribution in [3.8, 4) is 0 Å². The fourth-order valence-corrected chi connectivity index (χ4v) is 2.78. The van der Waals surface area contributed by atoms with Crippen molar-refractivity contribution in [3.05, 3.63) is 34.3 Å². The molecule has 3 nitrogen and oxygen atoms in total. The summed E-state index contributed by atoms with van der Waals surface area (Å²) in [4.78, 5) is 11.4. The Morgan fingerprint density at radius 1 is 1.50 bits per heavy atom. The van der Waals surface area contributed by atoms with E-state index in [2.05, 4.69) is 15.9 Å². The molecule has 0 amide bonds. The molecule has 0 aromatic heterocycles. The maximum Gasteiger partial charge on any atom is 0.311 e. The Morgan fingerprint density at radius 3 is 2.94 bits per heavy atom. The van der Waals surface area contributed by atoms with Crippen molar-refractivity contribution in [2.75, 3.05) is 6.61 Å². The van der Waals surface area contributed by atoms with Crippen LogP contribution in [0.25, 0.3) is 0 Å². The second-order valence-electron chi connectivity index (χ2n) is 4.67. The van der Waals surface area contributed by atoms with E-state index in [9.17, 15) is 9.90 Å². The van der Waals surface area contributed by atoms with Crippen LogP contribution in [0, 0.1) is 0 Å². The van der Waals surface area contributed by atoms with Gasteiger partial charge >= 0.3 is 5.97 Å². The normalized spacial score (nSPS) is 21.5. The predicted octanol–water partition coefficient (Wildman–Crippen LogP) is 3.58. The Bertz CT molecular complexity index is 413. The van der Waals surface area contributed by atoms with Crippen LogP contribution in [0.1, 0.15) is 37.2 Å². The third-order valence-corrected chi connectivity index (χ3v) is 3.81. The van der Waals surface area contributed by atoms with Gasteiger partial charge in [0.15, 0.2) is 0 Å². The zero-order chi connectivity index (χ0) is 13.0. The zero-order valence-corrected chi connectivity index (χ0v) is 11.7. The monoisotopic (exact) mass is 312 g/mol. The summed E-state index contributed by atoms with van der Waals surface area (Å²) in [5.41, 5.74) is 0.839. The largest absolute Gasteiger partial charge is 0.481 e. The lowest BCUT2D eigenvalue weighted by Crippen LogP contribution is -2.24. The van der Waals surface area contributed by atoms with Crippen LogP contribution in [0.4, 0.5) is 0 Å². The predicted molar refractivity (Wildman–Crippen MR) is 72.7 cm³/mol. The van der Waals surface area contributed by atoms with E-state index < -0.39 is 11.9 Å². The molecule has 0 saturated carbocycles. The molecule has 0 radical (unpaired) electrons. The van der Waals surface area contributed by atoms with Gasteiger partial charge in [0.25, 0.3) is 0 Å². The fourth-order valence-electron chi connectivity index (χ4n) is 2.36. The molecule has 2 unspecified atom stereocenters. The van der Waals surface area contributed by atoms with Crippen molar-refractivity contribution in [1.82, 2.24) is 0 Å². The lowest BCUT2D eigenvalue weighted by atomic mass is 9.91. The van der Waals surface area contributed by atoms with E-state index in [1.54, 1.807) is 0 Å². The fraction of sp³-hybridized carbons (Fsp3) is 0.500. The van der Waals surface area contributed by atoms with Crippen molar-refractivity contribution in [2.45, 2.75) is 37.7 Å². The van der Waals surface area contributed by atoms with Crippen LogP contribution in [0.15, 0.2) is 28.7 Å². The average molecular weight is 313 g/mol. The molecule has 1 aliphatic heterocycles. The minimum absolute atomic E-state index is 0.0823. The maximum atomic E-state index is 11.4. The van der Waals surface area contributed by atoms with E-state index in [0.717, 1.165) is 35.9 Å². The third-order valence-electron chi connectivity index (χ3n) is 3.32. The van der Waals surface area contributed by atoms with Gasteiger partial charge in [-0.05, 0) is 43.4 Å². The number of aliphatic carboxylic acids is 1. The molecule has 1 heterocycles. The van der Waals surface area contributed by atoms with Crippen molar-refractivity contribution < 1.29 is 14.6 Å². The van der Waals surface area contributed by atoms with E-state index in [4.69, 9.17) is 4.74 Å². The molecule has 1 saturated heterocycles. The van der Waals surface area contributed by atoms with E-state index >= 15 is 0 Å². The Labute approximate surface area is 115 Å². The van der Waals surface area contributed by atoms with Crippen LogP contribution >= 0.6 is 15.9 Å². The van der Waals surface area contributed by atoms with Crippen molar-refractivity contribution in [3.63, 3.8) is 0 Å². The van der Waals surface area contributed by atoms with Crippen molar-refractivity contribution in [2.24, 2.45) is 0 Å². The number of hydrogen-bond donors (Lipinski definition) is 1. The number of carboxylic acids is 1. The highest BCUT2D eigenvalue weighted by molar-refractivity contribution is 9.10. The van der Waals surface area contributed by atoms with Gasteiger partial charge in [-0.3, -0.25) is 4.79 Å². The van der Waals surface area contributed by atoms with Crippen LogP contribution in [-0.2, 0) is 9.53 Å². The van der Waals surface area contributed by atoms with Gasteiger partial charge in [-0.1, -0.05) is 28.1 Å². The van der Waals surface area contributed by atoms with E-state index in [-0.39, 0.29) is 6.10 Å². The topological polar surface area (TPSA) is 46.5 Å². The first kappa shape index (κ1) is 13.6. The molecular formula is C14H17BrO3. The molecule has 0 bridgehead atoms. The number of rotatable bonds is 4. The average Bonchev–Trinajstić information content (AvgIpc) is 2.37. The van der Waals surface area contributed by atoms with E-state index in [1.165, 1.54) is 0 Å². The molecule has 2 atom stereocenters. The summed E-state index contributed by atoms with van der Waals surface area (Å²) in [5.74, 6) is -1.26. The Hall–Kier alpha value is -0.870. The van der Waals surface area contributed by atoms with Crippen molar-refractivity contribution >= 4 is 21.9 Å². The number of ether oxygens (including phenoxy) is 1. The summed E-state index contributed by atoms with van der Waals surface area (Å²) in [6, 6.07) is 7.52. The van der Waals surface area contributed by atoms with Gasteiger partial charge in [-0.25, -0.2) is 0 Å². The number of halogens is 1. The number of carbonyl (C=O) groups is 1. The van der Waals surface area contributed by atoms with Crippen LogP contribution in [0.5, 0.6) is 0 Å². The first-order valence-corrected chi connectivity index (χ1v) is 7.06. The van der Waals surface area contributed by atoms with Gasteiger partial charge in [-0.2, -0.15) is 0 Å². The summed E-state index contributed by atoms with van der Waals surface area (Å²) in [5, 5.41) is 9.38. The molecule has 18 heavy (non-hydrogen) atoms. The Kier molecular flexibility index (Phi) is 4.78. The lowest BCUT2D eigenvalue weighted by Gasteiger charge is -2.25. The summed E-state index contributed by atoms with van der Waals surface area (Å²) in [7, 11) is 0. The van der Waals surface area contributed by atoms with Crippen molar-refractivity contribution in [1.29, 1.82) is 0 Å². The molecule has 1 aromatic rings. The quantitative estimate of drug-likeness (QED) is 0.924. The highest BCUT2D eigenvalue weighted by Crippen LogP contribution is 2.28. The highest BCUT2D eigenvalue weighted by atomic mass is 79.9. The SMILES string of the molecule is O=C(O)C(CC1CCCCO1)c1cccc(Br)c1. The van der Waals surface area contributed by atoms with E-state index in [1.807, 2.05) is 24.3 Å². The third kappa shape index (κ3) is 3.56. The molecule has 0 spiro atoms. The van der Waals surface area contributed by atoms with Gasteiger partial charge in [0, 0.05) is 11.1 Å². The van der Waals surface area contributed by atoms with Crippen LogP contribution < -0.4 is 0 Å². The summed E-state index contributed by atoms with van der Waals surface area (Å²) < 4.78 is 6.55. The first-order valence-electron chi connectivity index (χ1n) is 6.26. The van der Waals surface area contributed by atoms with Gasteiger partial charge in [0.2, 0.25) is 0 Å². The second kappa shape index (κ2) is 6.34. The van der Waals surface area contributed by atoms with Gasteiger partial charge in [-0.15, -0.1) is 0 Å². The lowest BCUT2D eigenvalue weighted by molar-refractivity contribution is -0.140. The molecule has 1 aromatic carbocycles. The van der Waals surface area contributed by atoms with Crippen LogP contribution in [0.3, 0.4) is 0 Å². The van der Waals surface area contributed by atoms with E-state index in [0.29, 0.717) is 6.42 Å². The second-order valence-corrected chi connectivity index (χ2v) is 5.59.